The zero-order valence-corrected chi connectivity index (χ0v) is 8.59. The Kier molecular flexibility index (Phi) is 3.71. The van der Waals surface area contributed by atoms with Gasteiger partial charge in [-0.15, -0.1) is 0 Å². The number of aliphatic carboxylic acids is 1. The monoisotopic (exact) mass is 173 g/mol. The van der Waals surface area contributed by atoms with Crippen LogP contribution in [0.1, 0.15) is 27.2 Å². The topological polar surface area (TPSA) is 40.5 Å². The number of carboxylic acids is 1. The maximum Gasteiger partial charge on any atom is 0.305 e. The van der Waals surface area contributed by atoms with E-state index in [4.69, 9.17) is 5.11 Å². The highest BCUT2D eigenvalue weighted by Crippen LogP contribution is 2.25. The third-order valence-corrected chi connectivity index (χ3v) is 2.77. The van der Waals surface area contributed by atoms with Gasteiger partial charge < -0.3 is 10.0 Å². The Morgan fingerprint density at radius 2 is 1.92 bits per heavy atom. The van der Waals surface area contributed by atoms with Crippen LogP contribution in [-0.4, -0.2) is 35.6 Å². The molecule has 0 rings (SSSR count). The summed E-state index contributed by atoms with van der Waals surface area (Å²) in [6.07, 6.45) is 0.192. The average Bonchev–Trinajstić information content (AvgIpc) is 1.84. The Labute approximate surface area is 74.4 Å². The van der Waals surface area contributed by atoms with Gasteiger partial charge in [-0.25, -0.2) is 0 Å². The van der Waals surface area contributed by atoms with Gasteiger partial charge in [-0.1, -0.05) is 13.8 Å². The molecule has 0 heterocycles. The van der Waals surface area contributed by atoms with Crippen molar-refractivity contribution in [2.75, 3.05) is 14.1 Å². The Morgan fingerprint density at radius 3 is 2.00 bits per heavy atom. The van der Waals surface area contributed by atoms with E-state index in [2.05, 4.69) is 0 Å². The molecular formula is C9H19NO2. The second kappa shape index (κ2) is 3.90. The van der Waals surface area contributed by atoms with Crippen LogP contribution in [0.2, 0.25) is 0 Å². The lowest BCUT2D eigenvalue weighted by Gasteiger charge is -2.39. The van der Waals surface area contributed by atoms with E-state index in [9.17, 15) is 4.79 Å². The van der Waals surface area contributed by atoms with E-state index in [-0.39, 0.29) is 12.0 Å². The molecule has 0 aliphatic rings. The van der Waals surface area contributed by atoms with Crippen LogP contribution in [0.3, 0.4) is 0 Å². The van der Waals surface area contributed by atoms with Crippen LogP contribution < -0.4 is 0 Å². The van der Waals surface area contributed by atoms with E-state index < -0.39 is 5.97 Å². The Hall–Kier alpha value is -0.570. The van der Waals surface area contributed by atoms with Gasteiger partial charge in [-0.05, 0) is 26.9 Å². The summed E-state index contributed by atoms with van der Waals surface area (Å²) in [5.41, 5.74) is -0.244. The van der Waals surface area contributed by atoms with Crippen LogP contribution in [0.15, 0.2) is 0 Å². The minimum Gasteiger partial charge on any atom is -0.481 e. The van der Waals surface area contributed by atoms with Gasteiger partial charge in [0.05, 0.1) is 6.42 Å². The van der Waals surface area contributed by atoms with Crippen molar-refractivity contribution in [1.82, 2.24) is 4.90 Å². The van der Waals surface area contributed by atoms with Crippen LogP contribution in [0, 0.1) is 5.92 Å². The SMILES string of the molecule is CC(C)C(C)(CC(=O)O)N(C)C. The largest absolute Gasteiger partial charge is 0.481 e. The second-order valence-electron chi connectivity index (χ2n) is 3.98. The van der Waals surface area contributed by atoms with E-state index in [0.29, 0.717) is 5.92 Å². The normalized spacial score (nSPS) is 16.6. The van der Waals surface area contributed by atoms with E-state index in [1.807, 2.05) is 39.8 Å². The van der Waals surface area contributed by atoms with Crippen molar-refractivity contribution in [3.8, 4) is 0 Å². The summed E-state index contributed by atoms with van der Waals surface area (Å²) >= 11 is 0. The molecule has 0 aromatic carbocycles. The summed E-state index contributed by atoms with van der Waals surface area (Å²) in [6.45, 7) is 6.07. The summed E-state index contributed by atoms with van der Waals surface area (Å²) in [5, 5.41) is 8.72. The molecular weight excluding hydrogens is 154 g/mol. The van der Waals surface area contributed by atoms with Crippen molar-refractivity contribution in [3.63, 3.8) is 0 Å². The van der Waals surface area contributed by atoms with Gasteiger partial charge in [-0.3, -0.25) is 4.79 Å². The Morgan fingerprint density at radius 1 is 1.50 bits per heavy atom. The lowest BCUT2D eigenvalue weighted by Crippen LogP contribution is -2.47. The first-order chi connectivity index (χ1) is 5.30. The van der Waals surface area contributed by atoms with Crippen molar-refractivity contribution in [3.05, 3.63) is 0 Å². The molecule has 0 radical (unpaired) electrons. The molecule has 0 fully saturated rings. The van der Waals surface area contributed by atoms with E-state index in [1.54, 1.807) is 0 Å². The standard InChI is InChI=1S/C9H19NO2/c1-7(2)9(3,10(4)5)6-8(11)12/h7H,6H2,1-5H3,(H,11,12). The van der Waals surface area contributed by atoms with Crippen molar-refractivity contribution in [2.45, 2.75) is 32.7 Å². The highest BCUT2D eigenvalue weighted by molar-refractivity contribution is 5.68. The fourth-order valence-corrected chi connectivity index (χ4v) is 1.18. The van der Waals surface area contributed by atoms with Crippen LogP contribution in [-0.2, 0) is 4.79 Å². The Bertz CT molecular complexity index is 156. The minimum atomic E-state index is -0.736. The van der Waals surface area contributed by atoms with E-state index in [1.165, 1.54) is 0 Å². The van der Waals surface area contributed by atoms with Crippen molar-refractivity contribution < 1.29 is 9.90 Å². The minimum absolute atomic E-state index is 0.192. The zero-order chi connectivity index (χ0) is 9.94. The predicted octanol–water partition coefficient (Wildman–Crippen LogP) is 1.44. The molecule has 0 aliphatic carbocycles. The van der Waals surface area contributed by atoms with Crippen LogP contribution in [0.25, 0.3) is 0 Å². The molecule has 1 atom stereocenters. The number of hydrogen-bond donors (Lipinski definition) is 1. The predicted molar refractivity (Wildman–Crippen MR) is 49.2 cm³/mol. The Balaban J connectivity index is 4.51. The smallest absolute Gasteiger partial charge is 0.305 e. The first-order valence-electron chi connectivity index (χ1n) is 4.20. The number of nitrogens with zero attached hydrogens (tertiary/aromatic N) is 1. The van der Waals surface area contributed by atoms with Gasteiger partial charge in [0.2, 0.25) is 0 Å². The molecule has 0 saturated heterocycles. The molecule has 0 spiro atoms. The van der Waals surface area contributed by atoms with E-state index in [0.717, 1.165) is 0 Å². The maximum atomic E-state index is 10.6. The highest BCUT2D eigenvalue weighted by Gasteiger charge is 2.32. The summed E-state index contributed by atoms with van der Waals surface area (Å²) in [7, 11) is 3.84. The van der Waals surface area contributed by atoms with Gasteiger partial charge >= 0.3 is 5.97 Å². The molecule has 72 valence electrons. The number of carbonyl (C=O) groups is 1. The molecule has 0 amide bonds. The number of carboxylic acid groups (broad SMARTS) is 1. The summed E-state index contributed by atoms with van der Waals surface area (Å²) in [6, 6.07) is 0. The summed E-state index contributed by atoms with van der Waals surface area (Å²) in [4.78, 5) is 12.6. The number of rotatable bonds is 4. The molecule has 0 aliphatic heterocycles. The fourth-order valence-electron chi connectivity index (χ4n) is 1.18. The lowest BCUT2D eigenvalue weighted by atomic mass is 9.84. The van der Waals surface area contributed by atoms with Gasteiger partial charge in [0, 0.05) is 5.54 Å². The second-order valence-corrected chi connectivity index (χ2v) is 3.98. The van der Waals surface area contributed by atoms with Gasteiger partial charge in [0.1, 0.15) is 0 Å². The first-order valence-corrected chi connectivity index (χ1v) is 4.20. The molecule has 0 bridgehead atoms. The van der Waals surface area contributed by atoms with Crippen LogP contribution in [0.4, 0.5) is 0 Å². The molecule has 1 N–H and O–H groups in total. The fraction of sp³-hybridized carbons (Fsp3) is 0.889. The lowest BCUT2D eigenvalue weighted by molar-refractivity contribution is -0.140. The van der Waals surface area contributed by atoms with Crippen LogP contribution >= 0.6 is 0 Å². The molecule has 3 heteroatoms. The average molecular weight is 173 g/mol. The molecule has 0 aromatic rings. The van der Waals surface area contributed by atoms with Crippen molar-refractivity contribution >= 4 is 5.97 Å². The van der Waals surface area contributed by atoms with Crippen molar-refractivity contribution in [2.24, 2.45) is 5.92 Å². The third-order valence-electron chi connectivity index (χ3n) is 2.77. The summed E-state index contributed by atoms with van der Waals surface area (Å²) in [5.74, 6) is -0.400. The highest BCUT2D eigenvalue weighted by atomic mass is 16.4. The molecule has 0 saturated carbocycles. The maximum absolute atomic E-state index is 10.6. The quantitative estimate of drug-likeness (QED) is 0.699. The first kappa shape index (κ1) is 11.4. The molecule has 0 aromatic heterocycles. The third kappa shape index (κ3) is 2.48. The van der Waals surface area contributed by atoms with Gasteiger partial charge in [0.25, 0.3) is 0 Å². The molecule has 12 heavy (non-hydrogen) atoms. The zero-order valence-electron chi connectivity index (χ0n) is 8.59. The van der Waals surface area contributed by atoms with Gasteiger partial charge in [-0.2, -0.15) is 0 Å². The molecule has 3 nitrogen and oxygen atoms in total. The van der Waals surface area contributed by atoms with Crippen molar-refractivity contribution in [1.29, 1.82) is 0 Å². The summed E-state index contributed by atoms with van der Waals surface area (Å²) < 4.78 is 0. The van der Waals surface area contributed by atoms with E-state index >= 15 is 0 Å². The molecule has 1 unspecified atom stereocenters. The van der Waals surface area contributed by atoms with Crippen LogP contribution in [0.5, 0.6) is 0 Å². The number of hydrogen-bond acceptors (Lipinski definition) is 2. The van der Waals surface area contributed by atoms with Gasteiger partial charge in [0.15, 0.2) is 0 Å².